The van der Waals surface area contributed by atoms with E-state index >= 15 is 0 Å². The van der Waals surface area contributed by atoms with E-state index in [9.17, 15) is 9.59 Å². The lowest BCUT2D eigenvalue weighted by atomic mass is 9.99. The van der Waals surface area contributed by atoms with E-state index in [1.165, 1.54) is 0 Å². The van der Waals surface area contributed by atoms with Crippen molar-refractivity contribution in [2.45, 2.75) is 31.5 Å². The summed E-state index contributed by atoms with van der Waals surface area (Å²) in [5.74, 6) is -0.665. The Labute approximate surface area is 139 Å². The third kappa shape index (κ3) is 1.95. The summed E-state index contributed by atoms with van der Waals surface area (Å²) in [6.45, 7) is 2.03. The van der Waals surface area contributed by atoms with Gasteiger partial charge in [-0.05, 0) is 31.5 Å². The van der Waals surface area contributed by atoms with E-state index in [0.717, 1.165) is 11.3 Å². The first-order valence-electron chi connectivity index (χ1n) is 8.07. The summed E-state index contributed by atoms with van der Waals surface area (Å²) in [5, 5.41) is 2.91. The first-order valence-corrected chi connectivity index (χ1v) is 8.07. The molecular formula is C18H18N2O4. The molecule has 2 aromatic rings. The van der Waals surface area contributed by atoms with Crippen LogP contribution in [0.15, 0.2) is 47.3 Å². The van der Waals surface area contributed by atoms with Crippen LogP contribution in [0.1, 0.15) is 41.7 Å². The fraction of sp³-hybridized carbons (Fsp3) is 0.333. The second-order valence-corrected chi connectivity index (χ2v) is 6.03. The number of rotatable bonds is 3. The monoisotopic (exact) mass is 326 g/mol. The normalized spacial score (nSPS) is 25.0. The highest BCUT2D eigenvalue weighted by molar-refractivity contribution is 6.07. The number of fused-ring (bicyclic) bond motifs is 3. The van der Waals surface area contributed by atoms with Gasteiger partial charge < -0.3 is 19.4 Å². The maximum Gasteiger partial charge on any atom is 0.353 e. The Balaban J connectivity index is 1.88. The van der Waals surface area contributed by atoms with Crippen LogP contribution in [-0.4, -0.2) is 24.1 Å². The van der Waals surface area contributed by atoms with Crippen molar-refractivity contribution in [3.05, 3.63) is 54.0 Å². The molecule has 3 heterocycles. The molecule has 2 atom stereocenters. The van der Waals surface area contributed by atoms with Crippen molar-refractivity contribution >= 4 is 17.6 Å². The quantitative estimate of drug-likeness (QED) is 0.878. The molecule has 0 radical (unpaired) electrons. The van der Waals surface area contributed by atoms with Crippen molar-refractivity contribution in [3.63, 3.8) is 0 Å². The molecule has 0 saturated carbocycles. The number of furan rings is 1. The SMILES string of the molecule is CCOC(=O)[C@@]12CC[C@@H](c3ccoc3)N1c1ccccc1C(=O)N2. The number of hydrogen-bond donors (Lipinski definition) is 1. The molecule has 0 bridgehead atoms. The Kier molecular flexibility index (Phi) is 3.33. The van der Waals surface area contributed by atoms with E-state index in [4.69, 9.17) is 9.15 Å². The number of amides is 1. The number of para-hydroxylation sites is 1. The fourth-order valence-electron chi connectivity index (χ4n) is 3.77. The number of esters is 1. The predicted molar refractivity (Wildman–Crippen MR) is 86.4 cm³/mol. The van der Waals surface area contributed by atoms with Gasteiger partial charge in [-0.2, -0.15) is 0 Å². The molecule has 0 unspecified atom stereocenters. The molecule has 1 aromatic heterocycles. The van der Waals surface area contributed by atoms with Crippen LogP contribution >= 0.6 is 0 Å². The van der Waals surface area contributed by atoms with Crippen LogP contribution in [0.3, 0.4) is 0 Å². The summed E-state index contributed by atoms with van der Waals surface area (Å²) >= 11 is 0. The summed E-state index contributed by atoms with van der Waals surface area (Å²) < 4.78 is 10.5. The van der Waals surface area contributed by atoms with Gasteiger partial charge in [-0.3, -0.25) is 4.79 Å². The first kappa shape index (κ1) is 14.8. The van der Waals surface area contributed by atoms with Gasteiger partial charge in [-0.15, -0.1) is 0 Å². The number of ether oxygens (including phenoxy) is 1. The Morgan fingerprint density at radius 3 is 3.00 bits per heavy atom. The van der Waals surface area contributed by atoms with E-state index in [2.05, 4.69) is 5.32 Å². The highest BCUT2D eigenvalue weighted by atomic mass is 16.5. The summed E-state index contributed by atoms with van der Waals surface area (Å²) in [6.07, 6.45) is 4.51. The maximum atomic E-state index is 12.8. The minimum Gasteiger partial charge on any atom is -0.472 e. The van der Waals surface area contributed by atoms with Crippen LogP contribution in [0.25, 0.3) is 0 Å². The molecule has 2 aliphatic heterocycles. The second-order valence-electron chi connectivity index (χ2n) is 6.03. The molecule has 1 aromatic carbocycles. The summed E-state index contributed by atoms with van der Waals surface area (Å²) in [6, 6.07) is 9.17. The molecule has 1 saturated heterocycles. The number of carbonyl (C=O) groups excluding carboxylic acids is 2. The highest BCUT2D eigenvalue weighted by Gasteiger charge is 2.57. The average Bonchev–Trinajstić information content (AvgIpc) is 3.23. The fourth-order valence-corrected chi connectivity index (χ4v) is 3.77. The Bertz CT molecular complexity index is 786. The maximum absolute atomic E-state index is 12.8. The van der Waals surface area contributed by atoms with Gasteiger partial charge in [0.25, 0.3) is 5.91 Å². The van der Waals surface area contributed by atoms with Crippen LogP contribution in [0.2, 0.25) is 0 Å². The zero-order valence-electron chi connectivity index (χ0n) is 13.3. The molecule has 4 rings (SSSR count). The zero-order valence-corrected chi connectivity index (χ0v) is 13.3. The van der Waals surface area contributed by atoms with Gasteiger partial charge in [0.05, 0.1) is 36.4 Å². The van der Waals surface area contributed by atoms with E-state index in [1.807, 2.05) is 29.2 Å². The zero-order chi connectivity index (χ0) is 16.7. The summed E-state index contributed by atoms with van der Waals surface area (Å²) in [5.41, 5.74) is 1.13. The minimum absolute atomic E-state index is 0.0603. The third-order valence-corrected chi connectivity index (χ3v) is 4.77. The number of benzene rings is 1. The first-order chi connectivity index (χ1) is 11.7. The van der Waals surface area contributed by atoms with Gasteiger partial charge in [0.2, 0.25) is 5.66 Å². The van der Waals surface area contributed by atoms with Gasteiger partial charge in [-0.1, -0.05) is 12.1 Å². The third-order valence-electron chi connectivity index (χ3n) is 4.77. The molecule has 1 N–H and O–H groups in total. The molecule has 0 aliphatic carbocycles. The Morgan fingerprint density at radius 2 is 2.25 bits per heavy atom. The Hall–Kier alpha value is -2.76. The molecule has 24 heavy (non-hydrogen) atoms. The van der Waals surface area contributed by atoms with E-state index in [0.29, 0.717) is 18.4 Å². The second kappa shape index (κ2) is 5.40. The smallest absolute Gasteiger partial charge is 0.353 e. The Morgan fingerprint density at radius 1 is 1.42 bits per heavy atom. The summed E-state index contributed by atoms with van der Waals surface area (Å²) in [7, 11) is 0. The van der Waals surface area contributed by atoms with Gasteiger partial charge in [0.1, 0.15) is 0 Å². The van der Waals surface area contributed by atoms with Gasteiger partial charge >= 0.3 is 5.97 Å². The van der Waals surface area contributed by atoms with Crippen molar-refractivity contribution in [1.29, 1.82) is 0 Å². The minimum atomic E-state index is -1.16. The van der Waals surface area contributed by atoms with E-state index in [1.54, 1.807) is 25.5 Å². The van der Waals surface area contributed by atoms with Crippen molar-refractivity contribution in [2.75, 3.05) is 11.5 Å². The van der Waals surface area contributed by atoms with Gasteiger partial charge in [0.15, 0.2) is 0 Å². The molecule has 6 heteroatoms. The lowest BCUT2D eigenvalue weighted by Gasteiger charge is -2.44. The van der Waals surface area contributed by atoms with Crippen molar-refractivity contribution < 1.29 is 18.7 Å². The van der Waals surface area contributed by atoms with E-state index in [-0.39, 0.29) is 18.6 Å². The molecule has 1 fully saturated rings. The van der Waals surface area contributed by atoms with Crippen molar-refractivity contribution in [2.24, 2.45) is 0 Å². The molecule has 1 amide bonds. The largest absolute Gasteiger partial charge is 0.472 e. The van der Waals surface area contributed by atoms with Crippen molar-refractivity contribution in [3.8, 4) is 0 Å². The number of hydrogen-bond acceptors (Lipinski definition) is 5. The molecular weight excluding hydrogens is 308 g/mol. The topological polar surface area (TPSA) is 71.8 Å². The highest BCUT2D eigenvalue weighted by Crippen LogP contribution is 2.48. The number of nitrogens with zero attached hydrogens (tertiary/aromatic N) is 1. The van der Waals surface area contributed by atoms with Crippen LogP contribution in [0.5, 0.6) is 0 Å². The molecule has 6 nitrogen and oxygen atoms in total. The van der Waals surface area contributed by atoms with Crippen molar-refractivity contribution in [1.82, 2.24) is 5.32 Å². The number of nitrogens with one attached hydrogen (secondary N) is 1. The standard InChI is InChI=1S/C18H18N2O4/c1-2-24-17(22)18-9-7-14(12-8-10-23-11-12)20(18)15-6-4-3-5-13(15)16(21)19-18/h3-6,8,10-11,14H,2,7,9H2,1H3,(H,19,21)/t14-,18+/m0/s1. The predicted octanol–water partition coefficient (Wildman–Crippen LogP) is 2.62. The van der Waals surface area contributed by atoms with Crippen LogP contribution in [0.4, 0.5) is 5.69 Å². The number of carbonyl (C=O) groups is 2. The van der Waals surface area contributed by atoms with Crippen LogP contribution in [-0.2, 0) is 9.53 Å². The van der Waals surface area contributed by atoms with Crippen LogP contribution < -0.4 is 10.2 Å². The average molecular weight is 326 g/mol. The number of anilines is 1. The lowest BCUT2D eigenvalue weighted by molar-refractivity contribution is -0.150. The van der Waals surface area contributed by atoms with Gasteiger partial charge in [-0.25, -0.2) is 4.79 Å². The summed E-state index contributed by atoms with van der Waals surface area (Å²) in [4.78, 5) is 27.3. The molecule has 0 spiro atoms. The molecule has 2 aliphatic rings. The molecule has 124 valence electrons. The van der Waals surface area contributed by atoms with E-state index < -0.39 is 11.6 Å². The lowest BCUT2D eigenvalue weighted by Crippen LogP contribution is -2.66. The van der Waals surface area contributed by atoms with Crippen LogP contribution in [0, 0.1) is 0 Å². The van der Waals surface area contributed by atoms with Gasteiger partial charge in [0, 0.05) is 12.0 Å².